The van der Waals surface area contributed by atoms with Gasteiger partial charge in [0.1, 0.15) is 5.82 Å². The van der Waals surface area contributed by atoms with E-state index >= 15 is 0 Å². The molecule has 0 fully saturated rings. The van der Waals surface area contributed by atoms with Crippen molar-refractivity contribution < 1.29 is 0 Å². The van der Waals surface area contributed by atoms with Crippen LogP contribution in [0, 0.1) is 0 Å². The second-order valence-electron chi connectivity index (χ2n) is 5.08. The zero-order valence-electron chi connectivity index (χ0n) is 10.1. The first-order chi connectivity index (χ1) is 7.52. The van der Waals surface area contributed by atoms with Gasteiger partial charge in [0.2, 0.25) is 0 Å². The van der Waals surface area contributed by atoms with Crippen molar-refractivity contribution in [3.05, 3.63) is 29.7 Å². The highest BCUT2D eigenvalue weighted by atomic mass is 15.2. The molecule has 0 aliphatic heterocycles. The third-order valence-corrected chi connectivity index (χ3v) is 2.57. The summed E-state index contributed by atoms with van der Waals surface area (Å²) in [6, 6.07) is 4.05. The van der Waals surface area contributed by atoms with E-state index in [0.717, 1.165) is 17.9 Å². The summed E-state index contributed by atoms with van der Waals surface area (Å²) < 4.78 is 2.06. The van der Waals surface area contributed by atoms with E-state index in [4.69, 9.17) is 5.73 Å². The van der Waals surface area contributed by atoms with Crippen LogP contribution in [0.4, 0.5) is 0 Å². The Morgan fingerprint density at radius 2 is 2.00 bits per heavy atom. The number of hydrogen-bond donors (Lipinski definition) is 1. The van der Waals surface area contributed by atoms with Crippen LogP contribution < -0.4 is 5.73 Å². The second-order valence-corrected chi connectivity index (χ2v) is 5.08. The molecule has 2 aromatic heterocycles. The maximum atomic E-state index is 5.56. The standard InChI is InChI=1S/C12H18N4/c1-12(2,3)11-15-14-10-5-4-9(6-7-13)8-16(10)11/h4-5,8H,6-7,13H2,1-3H3. The molecule has 0 radical (unpaired) electrons. The lowest BCUT2D eigenvalue weighted by molar-refractivity contribution is 0.538. The number of hydrogen-bond acceptors (Lipinski definition) is 3. The predicted molar refractivity (Wildman–Crippen MR) is 64.4 cm³/mol. The van der Waals surface area contributed by atoms with Gasteiger partial charge >= 0.3 is 0 Å². The summed E-state index contributed by atoms with van der Waals surface area (Å²) in [6.45, 7) is 7.08. The molecule has 0 unspecified atom stereocenters. The number of rotatable bonds is 2. The highest BCUT2D eigenvalue weighted by Crippen LogP contribution is 2.21. The van der Waals surface area contributed by atoms with Crippen molar-refractivity contribution in [1.29, 1.82) is 0 Å². The molecule has 0 aliphatic carbocycles. The molecule has 2 N–H and O–H groups in total. The van der Waals surface area contributed by atoms with Crippen LogP contribution in [0.5, 0.6) is 0 Å². The fourth-order valence-electron chi connectivity index (χ4n) is 1.76. The maximum absolute atomic E-state index is 5.56. The van der Waals surface area contributed by atoms with Crippen LogP contribution in [0.15, 0.2) is 18.3 Å². The predicted octanol–water partition coefficient (Wildman–Crippen LogP) is 1.53. The van der Waals surface area contributed by atoms with E-state index in [1.54, 1.807) is 0 Å². The zero-order chi connectivity index (χ0) is 11.8. The molecule has 2 aromatic rings. The number of aromatic nitrogens is 3. The Morgan fingerprint density at radius 1 is 1.25 bits per heavy atom. The van der Waals surface area contributed by atoms with Gasteiger partial charge in [-0.3, -0.25) is 4.40 Å². The summed E-state index contributed by atoms with van der Waals surface area (Å²) in [7, 11) is 0. The maximum Gasteiger partial charge on any atom is 0.160 e. The van der Waals surface area contributed by atoms with Gasteiger partial charge in [0.15, 0.2) is 5.65 Å². The van der Waals surface area contributed by atoms with E-state index in [9.17, 15) is 0 Å². The molecular formula is C12H18N4. The molecule has 86 valence electrons. The van der Waals surface area contributed by atoms with Crippen LogP contribution in [0.2, 0.25) is 0 Å². The van der Waals surface area contributed by atoms with Crippen molar-refractivity contribution >= 4 is 5.65 Å². The molecule has 4 heteroatoms. The Bertz CT molecular complexity index is 493. The molecule has 0 aromatic carbocycles. The van der Waals surface area contributed by atoms with Gasteiger partial charge in [-0.25, -0.2) is 0 Å². The van der Waals surface area contributed by atoms with E-state index in [-0.39, 0.29) is 5.41 Å². The SMILES string of the molecule is CC(C)(C)c1nnc2ccc(CCN)cn12. The molecule has 0 amide bonds. The average molecular weight is 218 g/mol. The van der Waals surface area contributed by atoms with Gasteiger partial charge < -0.3 is 5.73 Å². The van der Waals surface area contributed by atoms with E-state index in [1.807, 2.05) is 6.07 Å². The smallest absolute Gasteiger partial charge is 0.160 e. The van der Waals surface area contributed by atoms with Gasteiger partial charge in [0.25, 0.3) is 0 Å². The Kier molecular flexibility index (Phi) is 2.68. The lowest BCUT2D eigenvalue weighted by Gasteiger charge is -2.15. The van der Waals surface area contributed by atoms with Crippen molar-refractivity contribution in [1.82, 2.24) is 14.6 Å². The van der Waals surface area contributed by atoms with Crippen LogP contribution >= 0.6 is 0 Å². The molecule has 2 rings (SSSR count). The molecule has 0 aliphatic rings. The fourth-order valence-corrected chi connectivity index (χ4v) is 1.76. The van der Waals surface area contributed by atoms with Gasteiger partial charge in [0.05, 0.1) is 0 Å². The number of pyridine rings is 1. The minimum absolute atomic E-state index is 0.000749. The van der Waals surface area contributed by atoms with Crippen molar-refractivity contribution in [2.45, 2.75) is 32.6 Å². The van der Waals surface area contributed by atoms with Crippen LogP contribution in [0.25, 0.3) is 5.65 Å². The molecular weight excluding hydrogens is 200 g/mol. The largest absolute Gasteiger partial charge is 0.330 e. The highest BCUT2D eigenvalue weighted by molar-refractivity contribution is 5.40. The summed E-state index contributed by atoms with van der Waals surface area (Å²) >= 11 is 0. The van der Waals surface area contributed by atoms with Crippen molar-refractivity contribution in [3.8, 4) is 0 Å². The van der Waals surface area contributed by atoms with Gasteiger partial charge in [-0.2, -0.15) is 0 Å². The normalized spacial score (nSPS) is 12.2. The number of fused-ring (bicyclic) bond motifs is 1. The summed E-state index contributed by atoms with van der Waals surface area (Å²) in [5.41, 5.74) is 7.68. The van der Waals surface area contributed by atoms with Crippen molar-refractivity contribution in [2.24, 2.45) is 5.73 Å². The van der Waals surface area contributed by atoms with E-state index < -0.39 is 0 Å². The van der Waals surface area contributed by atoms with Gasteiger partial charge in [-0.1, -0.05) is 26.8 Å². The van der Waals surface area contributed by atoms with Crippen molar-refractivity contribution in [3.63, 3.8) is 0 Å². The molecule has 0 saturated heterocycles. The molecule has 16 heavy (non-hydrogen) atoms. The summed E-state index contributed by atoms with van der Waals surface area (Å²) in [6.07, 6.45) is 2.97. The quantitative estimate of drug-likeness (QED) is 0.831. The topological polar surface area (TPSA) is 56.2 Å². The molecule has 0 atom stereocenters. The number of nitrogens with zero attached hydrogens (tertiary/aromatic N) is 3. The first kappa shape index (κ1) is 11.1. The Labute approximate surface area is 95.5 Å². The Hall–Kier alpha value is -1.42. The minimum Gasteiger partial charge on any atom is -0.330 e. The molecule has 2 heterocycles. The van der Waals surface area contributed by atoms with Gasteiger partial charge in [0, 0.05) is 11.6 Å². The van der Waals surface area contributed by atoms with Crippen LogP contribution in [-0.2, 0) is 11.8 Å². The Morgan fingerprint density at radius 3 is 2.62 bits per heavy atom. The highest BCUT2D eigenvalue weighted by Gasteiger charge is 2.20. The fraction of sp³-hybridized carbons (Fsp3) is 0.500. The monoisotopic (exact) mass is 218 g/mol. The lowest BCUT2D eigenvalue weighted by atomic mass is 9.96. The molecule has 0 bridgehead atoms. The third kappa shape index (κ3) is 1.93. The number of nitrogens with two attached hydrogens (primary N) is 1. The second kappa shape index (κ2) is 3.87. The van der Waals surface area contributed by atoms with Crippen LogP contribution in [0.3, 0.4) is 0 Å². The molecule has 0 spiro atoms. The average Bonchev–Trinajstić information content (AvgIpc) is 2.60. The molecule has 4 nitrogen and oxygen atoms in total. The first-order valence-electron chi connectivity index (χ1n) is 5.56. The van der Waals surface area contributed by atoms with E-state index in [1.165, 1.54) is 5.56 Å². The summed E-state index contributed by atoms with van der Waals surface area (Å²) in [5, 5.41) is 8.42. The van der Waals surface area contributed by atoms with E-state index in [0.29, 0.717) is 6.54 Å². The third-order valence-electron chi connectivity index (χ3n) is 2.57. The van der Waals surface area contributed by atoms with Gasteiger partial charge in [-0.05, 0) is 24.6 Å². The Balaban J connectivity index is 2.56. The lowest BCUT2D eigenvalue weighted by Crippen LogP contribution is -2.16. The van der Waals surface area contributed by atoms with E-state index in [2.05, 4.69) is 47.6 Å². The van der Waals surface area contributed by atoms with Crippen molar-refractivity contribution in [2.75, 3.05) is 6.54 Å². The zero-order valence-corrected chi connectivity index (χ0v) is 10.1. The van der Waals surface area contributed by atoms with Gasteiger partial charge in [-0.15, -0.1) is 10.2 Å². The van der Waals surface area contributed by atoms with Crippen LogP contribution in [0.1, 0.15) is 32.2 Å². The molecule has 0 saturated carbocycles. The summed E-state index contributed by atoms with van der Waals surface area (Å²) in [5.74, 6) is 0.987. The minimum atomic E-state index is 0.000749. The summed E-state index contributed by atoms with van der Waals surface area (Å²) in [4.78, 5) is 0. The van der Waals surface area contributed by atoms with Crippen LogP contribution in [-0.4, -0.2) is 21.1 Å². The first-order valence-corrected chi connectivity index (χ1v) is 5.56.